The fourth-order valence-corrected chi connectivity index (χ4v) is 2.17. The van der Waals surface area contributed by atoms with Crippen LogP contribution < -0.4 is 5.32 Å². The van der Waals surface area contributed by atoms with Crippen molar-refractivity contribution in [2.45, 2.75) is 31.0 Å². The summed E-state index contributed by atoms with van der Waals surface area (Å²) in [4.78, 5) is 12.9. The van der Waals surface area contributed by atoms with Gasteiger partial charge in [0.15, 0.2) is 0 Å². The average Bonchev–Trinajstić information content (AvgIpc) is 2.57. The van der Waals surface area contributed by atoms with Gasteiger partial charge in [0.2, 0.25) is 0 Å². The van der Waals surface area contributed by atoms with Crippen molar-refractivity contribution < 1.29 is 4.42 Å². The van der Waals surface area contributed by atoms with E-state index >= 15 is 0 Å². The van der Waals surface area contributed by atoms with Gasteiger partial charge in [-0.15, -0.1) is 0 Å². The molecule has 0 aliphatic heterocycles. The maximum atomic E-state index is 5.50. The standard InChI is InChI=1S/C11H14N4OS/c1-6-7(2)16-11(13-6)17-10-5-9(12-4)14-8(3)15-10/h5H,1-4H3,(H,12,14,15). The largest absolute Gasteiger partial charge is 0.436 e. The molecule has 0 aromatic carbocycles. The van der Waals surface area contributed by atoms with Crippen LogP contribution >= 0.6 is 11.8 Å². The van der Waals surface area contributed by atoms with Gasteiger partial charge in [-0.25, -0.2) is 15.0 Å². The van der Waals surface area contributed by atoms with Crippen LogP contribution in [-0.4, -0.2) is 22.0 Å². The van der Waals surface area contributed by atoms with Gasteiger partial charge in [0.1, 0.15) is 22.4 Å². The van der Waals surface area contributed by atoms with Crippen LogP contribution in [0.15, 0.2) is 20.7 Å². The number of oxazole rings is 1. The zero-order valence-corrected chi connectivity index (χ0v) is 11.1. The molecule has 17 heavy (non-hydrogen) atoms. The molecule has 5 nitrogen and oxygen atoms in total. The highest BCUT2D eigenvalue weighted by molar-refractivity contribution is 7.99. The van der Waals surface area contributed by atoms with Gasteiger partial charge in [-0.2, -0.15) is 0 Å². The third-order valence-electron chi connectivity index (χ3n) is 2.27. The molecule has 6 heteroatoms. The Hall–Kier alpha value is -1.56. The molecule has 0 spiro atoms. The lowest BCUT2D eigenvalue weighted by Crippen LogP contribution is -1.97. The first kappa shape index (κ1) is 11.9. The molecule has 2 aromatic rings. The molecular weight excluding hydrogens is 236 g/mol. The SMILES string of the molecule is CNc1cc(Sc2nc(C)c(C)o2)nc(C)n1. The predicted octanol–water partition coefficient (Wildman–Crippen LogP) is 2.58. The quantitative estimate of drug-likeness (QED) is 0.845. The molecule has 0 bridgehead atoms. The van der Waals surface area contributed by atoms with Gasteiger partial charge in [0, 0.05) is 13.1 Å². The summed E-state index contributed by atoms with van der Waals surface area (Å²) in [7, 11) is 1.83. The second kappa shape index (κ2) is 4.75. The van der Waals surface area contributed by atoms with Crippen molar-refractivity contribution in [2.75, 3.05) is 12.4 Å². The van der Waals surface area contributed by atoms with E-state index in [1.54, 1.807) is 0 Å². The number of rotatable bonds is 3. The summed E-state index contributed by atoms with van der Waals surface area (Å²) in [5, 5.41) is 4.43. The molecule has 2 heterocycles. The van der Waals surface area contributed by atoms with Gasteiger partial charge in [-0.3, -0.25) is 0 Å². The molecule has 0 aliphatic carbocycles. The van der Waals surface area contributed by atoms with Crippen LogP contribution in [0.3, 0.4) is 0 Å². The maximum Gasteiger partial charge on any atom is 0.262 e. The van der Waals surface area contributed by atoms with Crippen LogP contribution in [0.5, 0.6) is 0 Å². The van der Waals surface area contributed by atoms with E-state index in [2.05, 4.69) is 20.3 Å². The van der Waals surface area contributed by atoms with Crippen LogP contribution in [0.2, 0.25) is 0 Å². The number of hydrogen-bond acceptors (Lipinski definition) is 6. The zero-order chi connectivity index (χ0) is 12.4. The summed E-state index contributed by atoms with van der Waals surface area (Å²) < 4.78 is 5.50. The zero-order valence-electron chi connectivity index (χ0n) is 10.2. The van der Waals surface area contributed by atoms with Crippen molar-refractivity contribution in [1.29, 1.82) is 0 Å². The minimum absolute atomic E-state index is 0.611. The van der Waals surface area contributed by atoms with Crippen LogP contribution in [0.4, 0.5) is 5.82 Å². The minimum Gasteiger partial charge on any atom is -0.436 e. The molecule has 0 radical (unpaired) electrons. The monoisotopic (exact) mass is 250 g/mol. The van der Waals surface area contributed by atoms with Crippen LogP contribution in [0.25, 0.3) is 0 Å². The molecule has 0 aliphatic rings. The maximum absolute atomic E-state index is 5.50. The van der Waals surface area contributed by atoms with E-state index in [-0.39, 0.29) is 0 Å². The Morgan fingerprint density at radius 2 is 1.94 bits per heavy atom. The van der Waals surface area contributed by atoms with E-state index in [0.29, 0.717) is 5.22 Å². The third kappa shape index (κ3) is 2.76. The van der Waals surface area contributed by atoms with Crippen LogP contribution in [0, 0.1) is 20.8 Å². The Kier molecular flexibility index (Phi) is 3.33. The van der Waals surface area contributed by atoms with E-state index < -0.39 is 0 Å². The van der Waals surface area contributed by atoms with Gasteiger partial charge >= 0.3 is 0 Å². The van der Waals surface area contributed by atoms with E-state index in [4.69, 9.17) is 4.42 Å². The first-order valence-electron chi connectivity index (χ1n) is 5.24. The van der Waals surface area contributed by atoms with Crippen molar-refractivity contribution in [3.8, 4) is 0 Å². The molecule has 0 amide bonds. The van der Waals surface area contributed by atoms with E-state index in [1.165, 1.54) is 11.8 Å². The van der Waals surface area contributed by atoms with Crippen molar-refractivity contribution in [3.63, 3.8) is 0 Å². The Morgan fingerprint density at radius 3 is 2.53 bits per heavy atom. The van der Waals surface area contributed by atoms with Gasteiger partial charge in [0.25, 0.3) is 5.22 Å². The number of hydrogen-bond donors (Lipinski definition) is 1. The van der Waals surface area contributed by atoms with Gasteiger partial charge < -0.3 is 9.73 Å². The van der Waals surface area contributed by atoms with E-state index in [1.807, 2.05) is 33.9 Å². The molecule has 90 valence electrons. The number of nitrogens with one attached hydrogen (secondary N) is 1. The normalized spacial score (nSPS) is 10.6. The summed E-state index contributed by atoms with van der Waals surface area (Å²) >= 11 is 1.40. The Morgan fingerprint density at radius 1 is 1.18 bits per heavy atom. The van der Waals surface area contributed by atoms with Gasteiger partial charge in [-0.05, 0) is 32.5 Å². The van der Waals surface area contributed by atoms with E-state index in [0.717, 1.165) is 28.1 Å². The second-order valence-corrected chi connectivity index (χ2v) is 4.58. The Labute approximate surface area is 104 Å². The highest BCUT2D eigenvalue weighted by atomic mass is 32.2. The van der Waals surface area contributed by atoms with Crippen LogP contribution in [-0.2, 0) is 0 Å². The van der Waals surface area contributed by atoms with Gasteiger partial charge in [0.05, 0.1) is 5.69 Å². The van der Waals surface area contributed by atoms with E-state index in [9.17, 15) is 0 Å². The Balaban J connectivity index is 2.26. The summed E-state index contributed by atoms with van der Waals surface area (Å²) in [6.07, 6.45) is 0. The molecular formula is C11H14N4OS. The first-order valence-corrected chi connectivity index (χ1v) is 6.05. The fraction of sp³-hybridized carbons (Fsp3) is 0.364. The predicted molar refractivity (Wildman–Crippen MR) is 66.4 cm³/mol. The molecule has 0 saturated carbocycles. The lowest BCUT2D eigenvalue weighted by Gasteiger charge is -2.02. The number of anilines is 1. The van der Waals surface area contributed by atoms with Crippen molar-refractivity contribution >= 4 is 17.6 Å². The summed E-state index contributed by atoms with van der Waals surface area (Å²) in [6, 6.07) is 1.87. The highest BCUT2D eigenvalue weighted by Crippen LogP contribution is 2.27. The van der Waals surface area contributed by atoms with Crippen molar-refractivity contribution in [3.05, 3.63) is 23.3 Å². The smallest absolute Gasteiger partial charge is 0.262 e. The minimum atomic E-state index is 0.611. The molecule has 2 aromatic heterocycles. The summed E-state index contributed by atoms with van der Waals surface area (Å²) in [6.45, 7) is 5.68. The average molecular weight is 250 g/mol. The fourth-order valence-electron chi connectivity index (χ4n) is 1.30. The molecule has 1 N–H and O–H groups in total. The van der Waals surface area contributed by atoms with Crippen molar-refractivity contribution in [2.24, 2.45) is 0 Å². The topological polar surface area (TPSA) is 63.8 Å². The second-order valence-electron chi connectivity index (χ2n) is 3.61. The van der Waals surface area contributed by atoms with Crippen LogP contribution in [0.1, 0.15) is 17.3 Å². The van der Waals surface area contributed by atoms with Crippen molar-refractivity contribution in [1.82, 2.24) is 15.0 Å². The lowest BCUT2D eigenvalue weighted by atomic mass is 10.4. The van der Waals surface area contributed by atoms with Gasteiger partial charge in [-0.1, -0.05) is 0 Å². The summed E-state index contributed by atoms with van der Waals surface area (Å²) in [5.74, 6) is 2.35. The molecule has 0 saturated heterocycles. The summed E-state index contributed by atoms with van der Waals surface area (Å²) in [5.41, 5.74) is 0.909. The molecule has 2 rings (SSSR count). The number of aryl methyl sites for hydroxylation is 3. The molecule has 0 fully saturated rings. The Bertz CT molecular complexity index is 519. The lowest BCUT2D eigenvalue weighted by molar-refractivity contribution is 0.431. The molecule has 0 atom stereocenters. The number of aromatic nitrogens is 3. The number of nitrogens with zero attached hydrogens (tertiary/aromatic N) is 3. The first-order chi connectivity index (χ1) is 8.08. The third-order valence-corrected chi connectivity index (χ3v) is 3.04. The highest BCUT2D eigenvalue weighted by Gasteiger charge is 2.09. The molecule has 0 unspecified atom stereocenters.